The third-order valence-electron chi connectivity index (χ3n) is 11.9. The van der Waals surface area contributed by atoms with Crippen LogP contribution >= 0.6 is 11.3 Å². The van der Waals surface area contributed by atoms with Crippen molar-refractivity contribution in [3.05, 3.63) is 145 Å². The van der Waals surface area contributed by atoms with Gasteiger partial charge in [-0.2, -0.15) is 0 Å². The van der Waals surface area contributed by atoms with E-state index < -0.39 is 0 Å². The van der Waals surface area contributed by atoms with E-state index in [4.69, 9.17) is 0 Å². The smallest absolute Gasteiger partial charge is 0.252 e. The van der Waals surface area contributed by atoms with Crippen LogP contribution in [0.2, 0.25) is 0 Å². The molecule has 5 heterocycles. The van der Waals surface area contributed by atoms with Gasteiger partial charge in [0, 0.05) is 53.7 Å². The first-order chi connectivity index (χ1) is 25.3. The molecule has 52 heavy (non-hydrogen) atoms. The molecule has 0 fully saturated rings. The Morgan fingerprint density at radius 3 is 2.13 bits per heavy atom. The van der Waals surface area contributed by atoms with Gasteiger partial charge in [-0.05, 0) is 94.5 Å². The molecule has 0 atom stereocenters. The Hall–Kier alpha value is -5.78. The molecule has 2 aromatic heterocycles. The van der Waals surface area contributed by atoms with Crippen LogP contribution in [0.3, 0.4) is 0 Å². The number of aryl methyl sites for hydroxylation is 1. The average molecular weight is 684 g/mol. The standard InChI is InChI=1S/C47H34BN3S/c1-27-23-40-44-41(24-27)51-38-16-9-13-33-30-11-5-7-15-36(30)50(45(33)38)39-17-10-14-34(46(39)51)48(44)35-25-28(47(2,3)4)19-22-37(35)49(40)29-20-21-32-31-12-6-8-18-42(31)52-43(32)26-29/h5-26H,1-4H3. The molecule has 3 nitrogen and oxygen atoms in total. The van der Waals surface area contributed by atoms with Gasteiger partial charge in [0.15, 0.2) is 0 Å². The summed E-state index contributed by atoms with van der Waals surface area (Å²) < 4.78 is 5.18. The average Bonchev–Trinajstić information content (AvgIpc) is 3.69. The predicted octanol–water partition coefficient (Wildman–Crippen LogP) is 11.2. The van der Waals surface area contributed by atoms with Crippen molar-refractivity contribution in [1.82, 2.24) is 4.57 Å². The molecule has 0 saturated carbocycles. The second-order valence-electron chi connectivity index (χ2n) is 15.9. The second-order valence-corrected chi connectivity index (χ2v) is 16.9. The predicted molar refractivity (Wildman–Crippen MR) is 225 cm³/mol. The summed E-state index contributed by atoms with van der Waals surface area (Å²) in [6.07, 6.45) is 0. The van der Waals surface area contributed by atoms with Crippen molar-refractivity contribution in [1.29, 1.82) is 0 Å². The molecule has 0 spiro atoms. The van der Waals surface area contributed by atoms with Gasteiger partial charge in [-0.15, -0.1) is 11.3 Å². The molecule has 9 aromatic rings. The summed E-state index contributed by atoms with van der Waals surface area (Å²) in [5.74, 6) is 0. The van der Waals surface area contributed by atoms with Crippen molar-refractivity contribution in [2.24, 2.45) is 0 Å². The molecule has 7 aromatic carbocycles. The van der Waals surface area contributed by atoms with Crippen LogP contribution in [0.15, 0.2) is 133 Å². The van der Waals surface area contributed by atoms with Gasteiger partial charge in [0.25, 0.3) is 6.71 Å². The van der Waals surface area contributed by atoms with Crippen LogP contribution in [-0.4, -0.2) is 11.3 Å². The molecule has 0 bridgehead atoms. The van der Waals surface area contributed by atoms with Gasteiger partial charge in [-0.25, -0.2) is 0 Å². The summed E-state index contributed by atoms with van der Waals surface area (Å²) in [5, 5.41) is 5.25. The lowest BCUT2D eigenvalue weighted by Crippen LogP contribution is -2.62. The van der Waals surface area contributed by atoms with Crippen LogP contribution in [0.5, 0.6) is 0 Å². The summed E-state index contributed by atoms with van der Waals surface area (Å²) in [4.78, 5) is 5.16. The van der Waals surface area contributed by atoms with Gasteiger partial charge in [0.2, 0.25) is 0 Å². The Balaban J connectivity index is 1.21. The molecule has 0 radical (unpaired) electrons. The zero-order valence-electron chi connectivity index (χ0n) is 29.5. The second kappa shape index (κ2) is 9.75. The highest BCUT2D eigenvalue weighted by molar-refractivity contribution is 7.25. The first kappa shape index (κ1) is 28.9. The van der Waals surface area contributed by atoms with Gasteiger partial charge in [-0.3, -0.25) is 0 Å². The summed E-state index contributed by atoms with van der Waals surface area (Å²) in [5.41, 5.74) is 18.1. The number of benzene rings is 7. The first-order valence-corrected chi connectivity index (χ1v) is 19.1. The van der Waals surface area contributed by atoms with Crippen LogP contribution < -0.4 is 26.2 Å². The highest BCUT2D eigenvalue weighted by Gasteiger charge is 2.46. The number of hydrogen-bond acceptors (Lipinski definition) is 3. The van der Waals surface area contributed by atoms with Crippen LogP contribution in [0.1, 0.15) is 31.9 Å². The lowest BCUT2D eigenvalue weighted by Gasteiger charge is -2.46. The van der Waals surface area contributed by atoms with E-state index in [0.717, 1.165) is 0 Å². The van der Waals surface area contributed by atoms with Crippen molar-refractivity contribution in [2.45, 2.75) is 33.1 Å². The Kier molecular flexibility index (Phi) is 5.42. The van der Waals surface area contributed by atoms with Crippen molar-refractivity contribution in [2.75, 3.05) is 9.80 Å². The summed E-state index contributed by atoms with van der Waals surface area (Å²) >= 11 is 1.89. The van der Waals surface area contributed by atoms with Gasteiger partial charge < -0.3 is 14.4 Å². The maximum Gasteiger partial charge on any atom is 0.252 e. The van der Waals surface area contributed by atoms with E-state index in [1.807, 2.05) is 11.3 Å². The number of para-hydroxylation sites is 3. The highest BCUT2D eigenvalue weighted by atomic mass is 32.1. The van der Waals surface area contributed by atoms with Gasteiger partial charge in [-0.1, -0.05) is 99.6 Å². The van der Waals surface area contributed by atoms with Crippen LogP contribution in [-0.2, 0) is 5.41 Å². The normalized spacial score (nSPS) is 14.0. The van der Waals surface area contributed by atoms with E-state index in [9.17, 15) is 0 Å². The first-order valence-electron chi connectivity index (χ1n) is 18.3. The molecule has 0 aliphatic carbocycles. The van der Waals surface area contributed by atoms with Crippen molar-refractivity contribution in [3.8, 4) is 5.69 Å². The molecule has 246 valence electrons. The Morgan fingerprint density at radius 2 is 1.27 bits per heavy atom. The maximum absolute atomic E-state index is 2.60. The van der Waals surface area contributed by atoms with Gasteiger partial charge in [0.05, 0.1) is 28.1 Å². The number of fused-ring (bicyclic) bond motifs is 12. The summed E-state index contributed by atoms with van der Waals surface area (Å²) in [7, 11) is 0. The van der Waals surface area contributed by atoms with Crippen LogP contribution in [0.25, 0.3) is 47.7 Å². The lowest BCUT2D eigenvalue weighted by atomic mass is 9.33. The minimum atomic E-state index is 0.0116. The molecule has 0 amide bonds. The molecular weight excluding hydrogens is 649 g/mol. The molecule has 0 N–H and O–H groups in total. The third kappa shape index (κ3) is 3.57. The quantitative estimate of drug-likeness (QED) is 0.160. The zero-order valence-corrected chi connectivity index (χ0v) is 30.3. The fourth-order valence-electron chi connectivity index (χ4n) is 9.63. The number of thiophene rings is 1. The maximum atomic E-state index is 2.60. The molecule has 0 saturated heterocycles. The van der Waals surface area contributed by atoms with Crippen molar-refractivity contribution >= 4 is 111 Å². The Labute approximate surface area is 307 Å². The Morgan fingerprint density at radius 1 is 0.538 bits per heavy atom. The van der Waals surface area contributed by atoms with E-state index in [0.29, 0.717) is 0 Å². The number of rotatable bonds is 1. The monoisotopic (exact) mass is 683 g/mol. The summed E-state index contributed by atoms with van der Waals surface area (Å²) in [6, 6.07) is 50.8. The molecule has 3 aliphatic heterocycles. The molecule has 0 unspecified atom stereocenters. The van der Waals surface area contributed by atoms with Crippen LogP contribution in [0.4, 0.5) is 34.1 Å². The zero-order chi connectivity index (χ0) is 34.6. The number of hydrogen-bond donors (Lipinski definition) is 0. The fourth-order valence-corrected chi connectivity index (χ4v) is 10.8. The fraction of sp³-hybridized carbons (Fsp3) is 0.106. The molecule has 3 aliphatic rings. The third-order valence-corrected chi connectivity index (χ3v) is 13.0. The number of anilines is 6. The van der Waals surface area contributed by atoms with Crippen molar-refractivity contribution in [3.63, 3.8) is 0 Å². The highest BCUT2D eigenvalue weighted by Crippen LogP contribution is 2.52. The number of aromatic nitrogens is 1. The topological polar surface area (TPSA) is 11.4 Å². The van der Waals surface area contributed by atoms with Gasteiger partial charge >= 0.3 is 0 Å². The largest absolute Gasteiger partial charge is 0.311 e. The number of nitrogens with zero attached hydrogens (tertiary/aromatic N) is 3. The van der Waals surface area contributed by atoms with E-state index in [1.165, 1.54) is 109 Å². The summed E-state index contributed by atoms with van der Waals surface area (Å²) in [6.45, 7) is 9.35. The van der Waals surface area contributed by atoms with Gasteiger partial charge in [0.1, 0.15) is 0 Å². The minimum absolute atomic E-state index is 0.0116. The van der Waals surface area contributed by atoms with E-state index in [-0.39, 0.29) is 12.1 Å². The SMILES string of the molecule is Cc1cc2c3c(c1)N1c4c(cccc4-n4c5ccccc5c5cccc1c54)B3c1cc(C(C)(C)C)ccc1N2c1ccc2c(c1)sc1ccccc12. The van der Waals surface area contributed by atoms with E-state index in [2.05, 4.69) is 176 Å². The molecule has 12 rings (SSSR count). The van der Waals surface area contributed by atoms with E-state index >= 15 is 0 Å². The Bertz CT molecular complexity index is 3050. The molecule has 5 heteroatoms. The van der Waals surface area contributed by atoms with E-state index in [1.54, 1.807) is 0 Å². The minimum Gasteiger partial charge on any atom is -0.311 e. The van der Waals surface area contributed by atoms with Crippen LogP contribution in [0, 0.1) is 6.92 Å². The lowest BCUT2D eigenvalue weighted by molar-refractivity contribution is 0.591. The van der Waals surface area contributed by atoms with Crippen molar-refractivity contribution < 1.29 is 0 Å². The molecular formula is C47H34BN3S.